The van der Waals surface area contributed by atoms with Crippen LogP contribution < -0.4 is 0 Å². The summed E-state index contributed by atoms with van der Waals surface area (Å²) in [6.07, 6.45) is 2.32. The molecular weight excluding hydrogens is 249 g/mol. The van der Waals surface area contributed by atoms with Crippen LogP contribution in [0.4, 0.5) is 0 Å². The maximum atomic E-state index is 12.7. The molecule has 0 spiro atoms. The van der Waals surface area contributed by atoms with E-state index in [4.69, 9.17) is 9.05 Å². The van der Waals surface area contributed by atoms with Crippen LogP contribution in [0.2, 0.25) is 0 Å². The summed E-state index contributed by atoms with van der Waals surface area (Å²) < 4.78 is 23.8. The summed E-state index contributed by atoms with van der Waals surface area (Å²) in [5, 5.41) is 0. The molecule has 0 aliphatic rings. The van der Waals surface area contributed by atoms with Gasteiger partial charge in [0.2, 0.25) is 0 Å². The van der Waals surface area contributed by atoms with E-state index in [1.165, 1.54) is 0 Å². The Kier molecular flexibility index (Phi) is 9.14. The lowest BCUT2D eigenvalue weighted by Crippen LogP contribution is -2.28. The summed E-state index contributed by atoms with van der Waals surface area (Å²) in [4.78, 5) is 2.17. The fourth-order valence-corrected chi connectivity index (χ4v) is 4.11. The van der Waals surface area contributed by atoms with Gasteiger partial charge in [0.05, 0.1) is 12.2 Å². The molecule has 0 amide bonds. The molecule has 0 unspecified atom stereocenters. The highest BCUT2D eigenvalue weighted by Crippen LogP contribution is 2.50. The third kappa shape index (κ3) is 8.25. The maximum absolute atomic E-state index is 12.7. The molecule has 5 heteroatoms. The lowest BCUT2D eigenvalue weighted by molar-refractivity contribution is 0.130. The zero-order valence-electron chi connectivity index (χ0n) is 12.8. The molecule has 0 saturated carbocycles. The highest BCUT2D eigenvalue weighted by molar-refractivity contribution is 7.53. The Morgan fingerprint density at radius 2 is 1.33 bits per heavy atom. The quantitative estimate of drug-likeness (QED) is 0.564. The summed E-state index contributed by atoms with van der Waals surface area (Å²) in [6, 6.07) is 0. The van der Waals surface area contributed by atoms with Gasteiger partial charge in [-0.25, -0.2) is 0 Å². The van der Waals surface area contributed by atoms with Crippen molar-refractivity contribution in [2.24, 2.45) is 0 Å². The first kappa shape index (κ1) is 18.1. The molecule has 0 aliphatic heterocycles. The molecule has 0 saturated heterocycles. The minimum absolute atomic E-state index is 0.0836. The first-order valence-electron chi connectivity index (χ1n) is 7.01. The van der Waals surface area contributed by atoms with Gasteiger partial charge >= 0.3 is 7.60 Å². The molecule has 0 rings (SSSR count). The van der Waals surface area contributed by atoms with Crippen molar-refractivity contribution >= 4 is 7.60 Å². The Morgan fingerprint density at radius 1 is 0.944 bits per heavy atom. The van der Waals surface area contributed by atoms with Crippen LogP contribution in [0.25, 0.3) is 0 Å². The van der Waals surface area contributed by atoms with Crippen LogP contribution in [-0.2, 0) is 13.6 Å². The Bertz CT molecular complexity index is 237. The van der Waals surface area contributed by atoms with E-state index < -0.39 is 7.60 Å². The van der Waals surface area contributed by atoms with E-state index in [0.717, 1.165) is 25.9 Å². The Hall–Kier alpha value is 0.110. The predicted molar refractivity (Wildman–Crippen MR) is 77.1 cm³/mol. The van der Waals surface area contributed by atoms with E-state index in [2.05, 4.69) is 18.7 Å². The SMILES string of the molecule is CCCN(CCC)CP(=O)(OC(C)C)OC(C)C. The maximum Gasteiger partial charge on any atom is 0.345 e. The lowest BCUT2D eigenvalue weighted by Gasteiger charge is -2.28. The van der Waals surface area contributed by atoms with E-state index in [1.807, 2.05) is 27.7 Å². The Labute approximate surface area is 113 Å². The van der Waals surface area contributed by atoms with Gasteiger partial charge < -0.3 is 9.05 Å². The van der Waals surface area contributed by atoms with Gasteiger partial charge in [0.25, 0.3) is 0 Å². The van der Waals surface area contributed by atoms with Gasteiger partial charge in [0.1, 0.15) is 6.29 Å². The van der Waals surface area contributed by atoms with E-state index in [9.17, 15) is 4.57 Å². The normalized spacial score (nSPS) is 12.9. The van der Waals surface area contributed by atoms with Gasteiger partial charge in [-0.15, -0.1) is 0 Å². The molecule has 0 aromatic rings. The van der Waals surface area contributed by atoms with Gasteiger partial charge in [-0.1, -0.05) is 13.8 Å². The van der Waals surface area contributed by atoms with Crippen molar-refractivity contribution in [1.82, 2.24) is 4.90 Å². The van der Waals surface area contributed by atoms with Crippen molar-refractivity contribution in [3.8, 4) is 0 Å². The summed E-state index contributed by atoms with van der Waals surface area (Å²) in [5.41, 5.74) is 0. The number of nitrogens with zero attached hydrogens (tertiary/aromatic N) is 1. The van der Waals surface area contributed by atoms with Crippen molar-refractivity contribution in [2.45, 2.75) is 66.6 Å². The van der Waals surface area contributed by atoms with Gasteiger partial charge in [0.15, 0.2) is 0 Å². The topological polar surface area (TPSA) is 38.8 Å². The van der Waals surface area contributed by atoms with Crippen molar-refractivity contribution in [2.75, 3.05) is 19.4 Å². The highest BCUT2D eigenvalue weighted by Gasteiger charge is 2.30. The molecular formula is C13H30NO3P. The molecule has 4 nitrogen and oxygen atoms in total. The molecule has 0 aliphatic carbocycles. The van der Waals surface area contributed by atoms with Gasteiger partial charge in [-0.2, -0.15) is 0 Å². The average molecular weight is 279 g/mol. The first-order chi connectivity index (χ1) is 8.33. The fraction of sp³-hybridized carbons (Fsp3) is 1.00. The summed E-state index contributed by atoms with van der Waals surface area (Å²) >= 11 is 0. The second-order valence-corrected chi connectivity index (χ2v) is 7.10. The zero-order valence-corrected chi connectivity index (χ0v) is 13.7. The van der Waals surface area contributed by atoms with Crippen LogP contribution in [0.1, 0.15) is 54.4 Å². The van der Waals surface area contributed by atoms with Crippen LogP contribution in [0.15, 0.2) is 0 Å². The van der Waals surface area contributed by atoms with Crippen LogP contribution in [0, 0.1) is 0 Å². The minimum atomic E-state index is -3.02. The third-order valence-corrected chi connectivity index (χ3v) is 4.43. The highest BCUT2D eigenvalue weighted by atomic mass is 31.2. The van der Waals surface area contributed by atoms with Crippen molar-refractivity contribution in [3.05, 3.63) is 0 Å². The Balaban J connectivity index is 4.67. The van der Waals surface area contributed by atoms with Crippen LogP contribution in [0.5, 0.6) is 0 Å². The lowest BCUT2D eigenvalue weighted by atomic mass is 10.4. The third-order valence-electron chi connectivity index (χ3n) is 2.20. The molecule has 0 aromatic heterocycles. The largest absolute Gasteiger partial charge is 0.345 e. The number of hydrogen-bond acceptors (Lipinski definition) is 4. The molecule has 18 heavy (non-hydrogen) atoms. The molecule has 0 radical (unpaired) electrons. The molecule has 0 aromatic carbocycles. The standard InChI is InChI=1S/C13H30NO3P/c1-7-9-14(10-8-2)11-18(15,16-12(3)4)17-13(5)6/h12-13H,7-11H2,1-6H3. The summed E-state index contributed by atoms with van der Waals surface area (Å²) in [7, 11) is -3.02. The summed E-state index contributed by atoms with van der Waals surface area (Å²) in [6.45, 7) is 13.7. The van der Waals surface area contributed by atoms with Gasteiger partial charge in [-0.3, -0.25) is 9.46 Å². The van der Waals surface area contributed by atoms with E-state index in [1.54, 1.807) is 0 Å². The number of rotatable bonds is 10. The zero-order chi connectivity index (χ0) is 14.2. The predicted octanol–water partition coefficient (Wildman–Crippen LogP) is 4.11. The van der Waals surface area contributed by atoms with Crippen molar-refractivity contribution in [1.29, 1.82) is 0 Å². The summed E-state index contributed by atoms with van der Waals surface area (Å²) in [5.74, 6) is 0. The Morgan fingerprint density at radius 3 is 1.61 bits per heavy atom. The molecule has 0 heterocycles. The second-order valence-electron chi connectivity index (χ2n) is 5.18. The minimum Gasteiger partial charge on any atom is -0.305 e. The smallest absolute Gasteiger partial charge is 0.305 e. The van der Waals surface area contributed by atoms with Crippen molar-refractivity contribution in [3.63, 3.8) is 0 Å². The van der Waals surface area contributed by atoms with E-state index >= 15 is 0 Å². The van der Waals surface area contributed by atoms with Crippen molar-refractivity contribution < 1.29 is 13.6 Å². The van der Waals surface area contributed by atoms with E-state index in [0.29, 0.717) is 6.29 Å². The first-order valence-corrected chi connectivity index (χ1v) is 8.74. The van der Waals surface area contributed by atoms with Gasteiger partial charge in [0, 0.05) is 0 Å². The monoisotopic (exact) mass is 279 g/mol. The van der Waals surface area contributed by atoms with Crippen LogP contribution in [0.3, 0.4) is 0 Å². The van der Waals surface area contributed by atoms with Crippen LogP contribution in [-0.4, -0.2) is 36.5 Å². The molecule has 0 fully saturated rings. The number of hydrogen-bond donors (Lipinski definition) is 0. The molecule has 0 atom stereocenters. The fourth-order valence-electron chi connectivity index (χ4n) is 1.86. The second kappa shape index (κ2) is 9.08. The molecule has 0 bridgehead atoms. The molecule has 110 valence electrons. The average Bonchev–Trinajstić information content (AvgIpc) is 2.14. The van der Waals surface area contributed by atoms with Crippen LogP contribution >= 0.6 is 7.60 Å². The van der Waals surface area contributed by atoms with Gasteiger partial charge in [-0.05, 0) is 53.6 Å². The molecule has 0 N–H and O–H groups in total. The van der Waals surface area contributed by atoms with E-state index in [-0.39, 0.29) is 12.2 Å².